The van der Waals surface area contributed by atoms with Crippen molar-refractivity contribution in [3.63, 3.8) is 0 Å². The SMILES string of the molecule is COC(=O)CN(Cc1ccccc1)S(=O)(=O)c1cc(N)c(Br)cc1C. The molecule has 0 aliphatic heterocycles. The third-order valence-electron chi connectivity index (χ3n) is 3.65. The first-order chi connectivity index (χ1) is 11.8. The summed E-state index contributed by atoms with van der Waals surface area (Å²) in [6, 6.07) is 12.1. The summed E-state index contributed by atoms with van der Waals surface area (Å²) < 4.78 is 32.6. The average Bonchev–Trinajstić information content (AvgIpc) is 2.58. The minimum absolute atomic E-state index is 0.0493. The molecule has 0 spiro atoms. The second-order valence-electron chi connectivity index (χ2n) is 5.47. The fourth-order valence-electron chi connectivity index (χ4n) is 2.31. The number of esters is 1. The van der Waals surface area contributed by atoms with E-state index in [4.69, 9.17) is 5.73 Å². The number of carbonyl (C=O) groups is 1. The van der Waals surface area contributed by atoms with Crippen LogP contribution in [0.25, 0.3) is 0 Å². The molecule has 2 N–H and O–H groups in total. The molecule has 0 unspecified atom stereocenters. The van der Waals surface area contributed by atoms with Crippen molar-refractivity contribution >= 4 is 37.6 Å². The molecule has 0 amide bonds. The summed E-state index contributed by atoms with van der Waals surface area (Å²) in [5, 5.41) is 0. The Morgan fingerprint density at radius 1 is 1.24 bits per heavy atom. The topological polar surface area (TPSA) is 89.7 Å². The number of hydrogen-bond acceptors (Lipinski definition) is 5. The summed E-state index contributed by atoms with van der Waals surface area (Å²) in [6.07, 6.45) is 0. The minimum Gasteiger partial charge on any atom is -0.468 e. The zero-order valence-corrected chi connectivity index (χ0v) is 16.3. The van der Waals surface area contributed by atoms with Gasteiger partial charge in [-0.3, -0.25) is 4.79 Å². The Hall–Kier alpha value is -1.90. The van der Waals surface area contributed by atoms with Crippen molar-refractivity contribution in [3.8, 4) is 0 Å². The van der Waals surface area contributed by atoms with E-state index in [1.54, 1.807) is 37.3 Å². The number of benzene rings is 2. The van der Waals surface area contributed by atoms with Crippen LogP contribution in [0.15, 0.2) is 51.8 Å². The fourth-order valence-corrected chi connectivity index (χ4v) is 4.38. The van der Waals surface area contributed by atoms with Crippen molar-refractivity contribution in [2.24, 2.45) is 0 Å². The second kappa shape index (κ2) is 7.99. The van der Waals surface area contributed by atoms with Crippen LogP contribution in [-0.2, 0) is 26.1 Å². The standard InChI is InChI=1S/C17H19BrN2O4S/c1-12-8-14(18)15(19)9-16(12)25(22,23)20(11-17(21)24-2)10-13-6-4-3-5-7-13/h3-9H,10-11,19H2,1-2H3. The van der Waals surface area contributed by atoms with Gasteiger partial charge in [-0.2, -0.15) is 4.31 Å². The Morgan fingerprint density at radius 3 is 2.48 bits per heavy atom. The number of nitrogen functional groups attached to an aromatic ring is 1. The van der Waals surface area contributed by atoms with Crippen molar-refractivity contribution in [2.45, 2.75) is 18.4 Å². The van der Waals surface area contributed by atoms with Gasteiger partial charge < -0.3 is 10.5 Å². The lowest BCUT2D eigenvalue weighted by atomic mass is 10.2. The highest BCUT2D eigenvalue weighted by Gasteiger charge is 2.29. The molecule has 0 heterocycles. The summed E-state index contributed by atoms with van der Waals surface area (Å²) >= 11 is 3.28. The highest BCUT2D eigenvalue weighted by molar-refractivity contribution is 9.10. The van der Waals surface area contributed by atoms with Crippen LogP contribution in [0.5, 0.6) is 0 Å². The molecule has 25 heavy (non-hydrogen) atoms. The minimum atomic E-state index is -3.94. The van der Waals surface area contributed by atoms with E-state index in [1.165, 1.54) is 13.2 Å². The molecule has 0 atom stereocenters. The van der Waals surface area contributed by atoms with E-state index in [0.29, 0.717) is 15.7 Å². The first-order valence-corrected chi connectivity index (χ1v) is 9.65. The van der Waals surface area contributed by atoms with E-state index < -0.39 is 16.0 Å². The zero-order valence-electron chi connectivity index (χ0n) is 13.9. The van der Waals surface area contributed by atoms with Crippen LogP contribution in [-0.4, -0.2) is 32.3 Å². The molecule has 0 aromatic heterocycles. The summed E-state index contributed by atoms with van der Waals surface area (Å²) in [7, 11) is -2.72. The molecule has 0 aliphatic carbocycles. The van der Waals surface area contributed by atoms with E-state index in [0.717, 1.165) is 9.87 Å². The summed E-state index contributed by atoms with van der Waals surface area (Å²) in [6.45, 7) is 1.34. The molecule has 6 nitrogen and oxygen atoms in total. The molecule has 0 bridgehead atoms. The molecule has 134 valence electrons. The van der Waals surface area contributed by atoms with Gasteiger partial charge in [-0.1, -0.05) is 30.3 Å². The Balaban J connectivity index is 2.47. The number of ether oxygens (including phenoxy) is 1. The monoisotopic (exact) mass is 426 g/mol. The van der Waals surface area contributed by atoms with Crippen molar-refractivity contribution in [1.82, 2.24) is 4.31 Å². The van der Waals surface area contributed by atoms with E-state index in [1.807, 2.05) is 6.07 Å². The Morgan fingerprint density at radius 2 is 1.88 bits per heavy atom. The number of sulfonamides is 1. The molecular formula is C17H19BrN2O4S. The van der Waals surface area contributed by atoms with E-state index in [2.05, 4.69) is 20.7 Å². The maximum atomic E-state index is 13.1. The Labute approximate surface area is 155 Å². The second-order valence-corrected chi connectivity index (χ2v) is 8.23. The molecule has 8 heteroatoms. The number of methoxy groups -OCH3 is 1. The van der Waals surface area contributed by atoms with Gasteiger partial charge in [-0.15, -0.1) is 0 Å². The van der Waals surface area contributed by atoms with Crippen molar-refractivity contribution in [1.29, 1.82) is 0 Å². The van der Waals surface area contributed by atoms with E-state index in [-0.39, 0.29) is 18.0 Å². The predicted octanol–water partition coefficient (Wildman–Crippen LogP) is 2.70. The Kier molecular flexibility index (Phi) is 6.21. The first-order valence-electron chi connectivity index (χ1n) is 7.42. The van der Waals surface area contributed by atoms with E-state index in [9.17, 15) is 13.2 Å². The van der Waals surface area contributed by atoms with Crippen molar-refractivity contribution in [3.05, 3.63) is 58.1 Å². The molecule has 0 radical (unpaired) electrons. The Bertz CT molecular complexity index is 870. The summed E-state index contributed by atoms with van der Waals surface area (Å²) in [5.74, 6) is -0.637. The smallest absolute Gasteiger partial charge is 0.321 e. The van der Waals surface area contributed by atoms with Crippen LogP contribution in [0, 0.1) is 6.92 Å². The highest BCUT2D eigenvalue weighted by atomic mass is 79.9. The largest absolute Gasteiger partial charge is 0.468 e. The molecule has 2 rings (SSSR count). The molecule has 2 aromatic rings. The number of halogens is 1. The van der Waals surface area contributed by atoms with Gasteiger partial charge in [-0.25, -0.2) is 8.42 Å². The number of nitrogens with zero attached hydrogens (tertiary/aromatic N) is 1. The van der Waals surface area contributed by atoms with Crippen LogP contribution in [0.2, 0.25) is 0 Å². The number of anilines is 1. The summed E-state index contributed by atoms with van der Waals surface area (Å²) in [5.41, 5.74) is 7.45. The van der Waals surface area contributed by atoms with Crippen LogP contribution in [0.4, 0.5) is 5.69 Å². The van der Waals surface area contributed by atoms with Crippen LogP contribution in [0.1, 0.15) is 11.1 Å². The molecule has 0 saturated carbocycles. The zero-order chi connectivity index (χ0) is 18.6. The van der Waals surface area contributed by atoms with E-state index >= 15 is 0 Å². The number of aryl methyl sites for hydroxylation is 1. The van der Waals surface area contributed by atoms with Crippen molar-refractivity contribution < 1.29 is 17.9 Å². The van der Waals surface area contributed by atoms with Gasteiger partial charge in [0.25, 0.3) is 0 Å². The van der Waals surface area contributed by atoms with Crippen LogP contribution < -0.4 is 5.73 Å². The maximum absolute atomic E-state index is 13.1. The average molecular weight is 427 g/mol. The third kappa shape index (κ3) is 4.59. The van der Waals surface area contributed by atoms with Gasteiger partial charge in [0.15, 0.2) is 0 Å². The lowest BCUT2D eigenvalue weighted by Crippen LogP contribution is -2.36. The van der Waals surface area contributed by atoms with Crippen LogP contribution >= 0.6 is 15.9 Å². The molecule has 0 saturated heterocycles. The van der Waals surface area contributed by atoms with Gasteiger partial charge in [-0.05, 0) is 46.1 Å². The van der Waals surface area contributed by atoms with Gasteiger partial charge in [0.05, 0.1) is 12.0 Å². The first kappa shape index (κ1) is 19.4. The van der Waals surface area contributed by atoms with Gasteiger partial charge in [0, 0.05) is 16.7 Å². The number of rotatable bonds is 6. The lowest BCUT2D eigenvalue weighted by molar-refractivity contribution is -0.140. The molecule has 2 aromatic carbocycles. The molecular weight excluding hydrogens is 408 g/mol. The van der Waals surface area contributed by atoms with Gasteiger partial charge >= 0.3 is 5.97 Å². The predicted molar refractivity (Wildman–Crippen MR) is 99.3 cm³/mol. The molecule has 0 fully saturated rings. The van der Waals surface area contributed by atoms with Gasteiger partial charge in [0.1, 0.15) is 6.54 Å². The summed E-state index contributed by atoms with van der Waals surface area (Å²) in [4.78, 5) is 11.8. The van der Waals surface area contributed by atoms with Crippen LogP contribution in [0.3, 0.4) is 0 Å². The maximum Gasteiger partial charge on any atom is 0.321 e. The lowest BCUT2D eigenvalue weighted by Gasteiger charge is -2.22. The molecule has 0 aliphatic rings. The number of carbonyl (C=O) groups excluding carboxylic acids is 1. The third-order valence-corrected chi connectivity index (χ3v) is 6.27. The number of nitrogens with two attached hydrogens (primary N) is 1. The highest BCUT2D eigenvalue weighted by Crippen LogP contribution is 2.29. The fraction of sp³-hybridized carbons (Fsp3) is 0.235. The number of hydrogen-bond donors (Lipinski definition) is 1. The quantitative estimate of drug-likeness (QED) is 0.566. The normalized spacial score (nSPS) is 11.5. The van der Waals surface area contributed by atoms with Gasteiger partial charge in [0.2, 0.25) is 10.0 Å². The van der Waals surface area contributed by atoms with Crippen molar-refractivity contribution in [2.75, 3.05) is 19.4 Å².